The van der Waals surface area contributed by atoms with Crippen molar-refractivity contribution in [3.63, 3.8) is 0 Å². The molecular weight excluding hydrogens is 226 g/mol. The molecule has 1 unspecified atom stereocenters. The predicted octanol–water partition coefficient (Wildman–Crippen LogP) is -1.67. The number of nitrogen functional groups attached to an aromatic ring is 1. The Labute approximate surface area is 99.0 Å². The second kappa shape index (κ2) is 6.16. The second-order valence-corrected chi connectivity index (χ2v) is 3.68. The topological polar surface area (TPSA) is 106 Å². The maximum atomic E-state index is 11.7. The highest BCUT2D eigenvalue weighted by Crippen LogP contribution is 1.95. The zero-order valence-corrected chi connectivity index (χ0v) is 9.91. The third kappa shape index (κ3) is 4.37. The molecule has 0 aromatic carbocycles. The van der Waals surface area contributed by atoms with E-state index < -0.39 is 6.10 Å². The van der Waals surface area contributed by atoms with Crippen molar-refractivity contribution in [2.75, 3.05) is 33.0 Å². The van der Waals surface area contributed by atoms with Gasteiger partial charge >= 0.3 is 0 Å². The van der Waals surface area contributed by atoms with Crippen LogP contribution in [0.4, 0.5) is 5.95 Å². The Morgan fingerprint density at radius 1 is 1.76 bits per heavy atom. The Balaban J connectivity index is 2.41. The van der Waals surface area contributed by atoms with Gasteiger partial charge in [0.05, 0.1) is 12.7 Å². The number of ether oxygens (including phenoxy) is 1. The number of nitrogens with zero attached hydrogens (tertiary/aromatic N) is 4. The standard InChI is InChI=1S/C9H17N5O3/c1-13(3-7(15)5-17-2)8(16)4-14-6-11-9(10)12-14/h6-7,15H,3-5H2,1-2H3,(H2,10,12). The van der Waals surface area contributed by atoms with Crippen LogP contribution in [0.2, 0.25) is 0 Å². The minimum absolute atomic E-state index is 0.0421. The Morgan fingerprint density at radius 2 is 2.47 bits per heavy atom. The van der Waals surface area contributed by atoms with E-state index in [4.69, 9.17) is 10.5 Å². The van der Waals surface area contributed by atoms with Gasteiger partial charge in [-0.2, -0.15) is 0 Å². The lowest BCUT2D eigenvalue weighted by Crippen LogP contribution is -2.38. The van der Waals surface area contributed by atoms with Crippen LogP contribution in [0.1, 0.15) is 0 Å². The number of aliphatic hydroxyl groups is 1. The van der Waals surface area contributed by atoms with Gasteiger partial charge in [-0.3, -0.25) is 4.79 Å². The van der Waals surface area contributed by atoms with Gasteiger partial charge in [-0.1, -0.05) is 0 Å². The molecule has 17 heavy (non-hydrogen) atoms. The van der Waals surface area contributed by atoms with Gasteiger partial charge in [0.1, 0.15) is 12.9 Å². The molecule has 0 radical (unpaired) electrons. The molecule has 8 nitrogen and oxygen atoms in total. The molecule has 8 heteroatoms. The molecule has 0 aliphatic heterocycles. The van der Waals surface area contributed by atoms with Crippen molar-refractivity contribution < 1.29 is 14.6 Å². The first-order valence-corrected chi connectivity index (χ1v) is 5.08. The Hall–Kier alpha value is -1.67. The van der Waals surface area contributed by atoms with E-state index in [-0.39, 0.29) is 31.6 Å². The summed E-state index contributed by atoms with van der Waals surface area (Å²) in [5.41, 5.74) is 5.33. The minimum Gasteiger partial charge on any atom is -0.389 e. The molecule has 96 valence electrons. The number of carbonyl (C=O) groups is 1. The number of methoxy groups -OCH3 is 1. The zero-order chi connectivity index (χ0) is 12.8. The fourth-order valence-corrected chi connectivity index (χ4v) is 1.31. The van der Waals surface area contributed by atoms with Crippen molar-refractivity contribution in [2.45, 2.75) is 12.6 Å². The molecule has 0 aliphatic rings. The molecule has 1 rings (SSSR count). The molecule has 3 N–H and O–H groups in total. The van der Waals surface area contributed by atoms with Gasteiger partial charge in [0.2, 0.25) is 11.9 Å². The van der Waals surface area contributed by atoms with Gasteiger partial charge in [0.15, 0.2) is 0 Å². The summed E-state index contributed by atoms with van der Waals surface area (Å²) in [5, 5.41) is 13.3. The first-order valence-electron chi connectivity index (χ1n) is 5.08. The molecule has 1 heterocycles. The molecule has 0 fully saturated rings. The van der Waals surface area contributed by atoms with Gasteiger partial charge in [-0.05, 0) is 0 Å². The van der Waals surface area contributed by atoms with Gasteiger partial charge < -0.3 is 20.5 Å². The lowest BCUT2D eigenvalue weighted by atomic mass is 10.3. The zero-order valence-electron chi connectivity index (χ0n) is 9.91. The van der Waals surface area contributed by atoms with E-state index in [1.165, 1.54) is 23.0 Å². The number of aliphatic hydroxyl groups excluding tert-OH is 1. The lowest BCUT2D eigenvalue weighted by Gasteiger charge is -2.20. The summed E-state index contributed by atoms with van der Waals surface area (Å²) in [5.74, 6) is -0.0649. The molecule has 1 atom stereocenters. The highest BCUT2D eigenvalue weighted by molar-refractivity contribution is 5.75. The highest BCUT2D eigenvalue weighted by atomic mass is 16.5. The smallest absolute Gasteiger partial charge is 0.244 e. The third-order valence-electron chi connectivity index (χ3n) is 2.12. The van der Waals surface area contributed by atoms with Gasteiger partial charge in [0.25, 0.3) is 0 Å². The Kier molecular flexibility index (Phi) is 4.85. The average molecular weight is 243 g/mol. The molecule has 0 bridgehead atoms. The second-order valence-electron chi connectivity index (χ2n) is 3.68. The number of rotatable bonds is 6. The summed E-state index contributed by atoms with van der Waals surface area (Å²) in [7, 11) is 3.09. The monoisotopic (exact) mass is 243 g/mol. The molecule has 0 saturated heterocycles. The van der Waals surface area contributed by atoms with Crippen molar-refractivity contribution in [3.05, 3.63) is 6.33 Å². The van der Waals surface area contributed by atoms with E-state index in [0.29, 0.717) is 0 Å². The van der Waals surface area contributed by atoms with Gasteiger partial charge in [-0.25, -0.2) is 9.67 Å². The number of nitrogens with two attached hydrogens (primary N) is 1. The molecule has 0 aliphatic carbocycles. The first kappa shape index (κ1) is 13.4. The van der Waals surface area contributed by atoms with Crippen molar-refractivity contribution in [2.24, 2.45) is 0 Å². The van der Waals surface area contributed by atoms with Crippen LogP contribution in [0.5, 0.6) is 0 Å². The van der Waals surface area contributed by atoms with E-state index in [2.05, 4.69) is 10.1 Å². The van der Waals surface area contributed by atoms with Crippen molar-refractivity contribution >= 4 is 11.9 Å². The van der Waals surface area contributed by atoms with Crippen LogP contribution in [0.25, 0.3) is 0 Å². The minimum atomic E-state index is -0.699. The SMILES string of the molecule is COCC(O)CN(C)C(=O)Cn1cnc(N)n1. The van der Waals surface area contributed by atoms with Crippen LogP contribution in [0.15, 0.2) is 6.33 Å². The Morgan fingerprint density at radius 3 is 3.00 bits per heavy atom. The molecule has 1 aromatic rings. The fourth-order valence-electron chi connectivity index (χ4n) is 1.31. The van der Waals surface area contributed by atoms with E-state index in [0.717, 1.165) is 0 Å². The van der Waals surface area contributed by atoms with Crippen LogP contribution in [-0.4, -0.2) is 64.1 Å². The van der Waals surface area contributed by atoms with Crippen molar-refractivity contribution in [3.8, 4) is 0 Å². The molecule has 0 saturated carbocycles. The largest absolute Gasteiger partial charge is 0.389 e. The lowest BCUT2D eigenvalue weighted by molar-refractivity contribution is -0.132. The van der Waals surface area contributed by atoms with E-state index in [1.807, 2.05) is 0 Å². The van der Waals surface area contributed by atoms with Crippen LogP contribution >= 0.6 is 0 Å². The van der Waals surface area contributed by atoms with Crippen LogP contribution in [-0.2, 0) is 16.1 Å². The summed E-state index contributed by atoms with van der Waals surface area (Å²) >= 11 is 0. The van der Waals surface area contributed by atoms with Crippen molar-refractivity contribution in [1.82, 2.24) is 19.7 Å². The maximum absolute atomic E-state index is 11.7. The number of likely N-dealkylation sites (N-methyl/N-ethyl adjacent to an activating group) is 1. The normalized spacial score (nSPS) is 12.4. The predicted molar refractivity (Wildman–Crippen MR) is 60.0 cm³/mol. The quantitative estimate of drug-likeness (QED) is 0.618. The summed E-state index contributed by atoms with van der Waals surface area (Å²) < 4.78 is 6.12. The number of amides is 1. The highest BCUT2D eigenvalue weighted by Gasteiger charge is 2.14. The van der Waals surface area contributed by atoms with Gasteiger partial charge in [-0.15, -0.1) is 5.10 Å². The molecule has 1 aromatic heterocycles. The summed E-state index contributed by atoms with van der Waals surface area (Å²) in [4.78, 5) is 16.8. The summed E-state index contributed by atoms with van der Waals surface area (Å²) in [6.45, 7) is 0.436. The summed E-state index contributed by atoms with van der Waals surface area (Å²) in [6.07, 6.45) is 0.682. The van der Waals surface area contributed by atoms with E-state index >= 15 is 0 Å². The average Bonchev–Trinajstić information content (AvgIpc) is 2.64. The summed E-state index contributed by atoms with van der Waals surface area (Å²) in [6, 6.07) is 0. The first-order chi connectivity index (χ1) is 8.02. The van der Waals surface area contributed by atoms with Crippen LogP contribution in [0, 0.1) is 0 Å². The van der Waals surface area contributed by atoms with Gasteiger partial charge in [0, 0.05) is 20.7 Å². The maximum Gasteiger partial charge on any atom is 0.244 e. The third-order valence-corrected chi connectivity index (χ3v) is 2.12. The number of carbonyl (C=O) groups excluding carboxylic acids is 1. The van der Waals surface area contributed by atoms with E-state index in [9.17, 15) is 9.90 Å². The van der Waals surface area contributed by atoms with Crippen LogP contribution in [0.3, 0.4) is 0 Å². The molecule has 0 spiro atoms. The number of hydrogen-bond donors (Lipinski definition) is 2. The fraction of sp³-hybridized carbons (Fsp3) is 0.667. The number of anilines is 1. The number of hydrogen-bond acceptors (Lipinski definition) is 6. The van der Waals surface area contributed by atoms with Crippen LogP contribution < -0.4 is 5.73 Å². The van der Waals surface area contributed by atoms with Crippen molar-refractivity contribution in [1.29, 1.82) is 0 Å². The Bertz CT molecular complexity index is 367. The number of aromatic nitrogens is 3. The van der Waals surface area contributed by atoms with E-state index in [1.54, 1.807) is 7.05 Å². The molecular formula is C9H17N5O3. The molecule has 1 amide bonds.